The maximum absolute atomic E-state index is 12.1. The van der Waals surface area contributed by atoms with Gasteiger partial charge in [0.05, 0.1) is 11.3 Å². The number of aromatic nitrogens is 1. The number of carbonyl (C=O) groups excluding carboxylic acids is 1. The van der Waals surface area contributed by atoms with Crippen LogP contribution in [0.3, 0.4) is 0 Å². The van der Waals surface area contributed by atoms with Crippen molar-refractivity contribution in [3.8, 4) is 0 Å². The first-order valence-electron chi connectivity index (χ1n) is 5.68. The lowest BCUT2D eigenvalue weighted by atomic mass is 10.0. The van der Waals surface area contributed by atoms with E-state index in [-0.39, 0.29) is 11.4 Å². The summed E-state index contributed by atoms with van der Waals surface area (Å²) in [6.07, 6.45) is 0.735. The fourth-order valence-corrected chi connectivity index (χ4v) is 2.07. The van der Waals surface area contributed by atoms with Crippen molar-refractivity contribution in [2.45, 2.75) is 39.7 Å². The van der Waals surface area contributed by atoms with E-state index in [9.17, 15) is 4.79 Å². The number of amides is 1. The van der Waals surface area contributed by atoms with Crippen molar-refractivity contribution >= 4 is 17.5 Å². The van der Waals surface area contributed by atoms with Gasteiger partial charge in [0, 0.05) is 17.1 Å². The highest BCUT2D eigenvalue weighted by Gasteiger charge is 2.21. The Hall–Kier alpha value is -1.09. The van der Waals surface area contributed by atoms with Gasteiger partial charge in [-0.15, -0.1) is 11.6 Å². The predicted octanol–water partition coefficient (Wildman–Crippen LogP) is 2.84. The Morgan fingerprint density at radius 2 is 2.06 bits per heavy atom. The number of carbonyl (C=O) groups is 1. The SMILES string of the molecule is Cc1ccc(C(=O)NC(C)(C)CCCl)c(C)n1. The monoisotopic (exact) mass is 254 g/mol. The summed E-state index contributed by atoms with van der Waals surface area (Å²) >= 11 is 5.70. The number of halogens is 1. The molecule has 0 radical (unpaired) electrons. The van der Waals surface area contributed by atoms with E-state index in [0.29, 0.717) is 11.4 Å². The van der Waals surface area contributed by atoms with Crippen molar-refractivity contribution in [3.63, 3.8) is 0 Å². The quantitative estimate of drug-likeness (QED) is 0.840. The van der Waals surface area contributed by atoms with Crippen LogP contribution in [0.25, 0.3) is 0 Å². The van der Waals surface area contributed by atoms with E-state index in [2.05, 4.69) is 10.3 Å². The third-order valence-electron chi connectivity index (χ3n) is 2.64. The Bertz CT molecular complexity index is 416. The Morgan fingerprint density at radius 1 is 1.41 bits per heavy atom. The van der Waals surface area contributed by atoms with Gasteiger partial charge >= 0.3 is 0 Å². The molecule has 0 fully saturated rings. The van der Waals surface area contributed by atoms with Gasteiger partial charge in [0.1, 0.15) is 0 Å². The third-order valence-corrected chi connectivity index (χ3v) is 2.83. The fourth-order valence-electron chi connectivity index (χ4n) is 1.60. The molecule has 0 bridgehead atoms. The van der Waals surface area contributed by atoms with E-state index in [4.69, 9.17) is 11.6 Å². The van der Waals surface area contributed by atoms with Crippen molar-refractivity contribution in [2.75, 3.05) is 5.88 Å². The second kappa shape index (κ2) is 5.50. The molecule has 1 heterocycles. The molecule has 1 rings (SSSR count). The first-order valence-corrected chi connectivity index (χ1v) is 6.22. The normalized spacial score (nSPS) is 11.4. The van der Waals surface area contributed by atoms with Crippen molar-refractivity contribution < 1.29 is 4.79 Å². The number of alkyl halides is 1. The van der Waals surface area contributed by atoms with Gasteiger partial charge in [-0.3, -0.25) is 9.78 Å². The highest BCUT2D eigenvalue weighted by molar-refractivity contribution is 6.17. The summed E-state index contributed by atoms with van der Waals surface area (Å²) < 4.78 is 0. The van der Waals surface area contributed by atoms with E-state index in [1.165, 1.54) is 0 Å². The number of nitrogens with one attached hydrogen (secondary N) is 1. The molecule has 17 heavy (non-hydrogen) atoms. The van der Waals surface area contributed by atoms with Gasteiger partial charge in [-0.25, -0.2) is 0 Å². The predicted molar refractivity (Wildman–Crippen MR) is 70.6 cm³/mol. The zero-order valence-electron chi connectivity index (χ0n) is 10.8. The van der Waals surface area contributed by atoms with Crippen molar-refractivity contribution in [2.24, 2.45) is 0 Å². The molecule has 4 heteroatoms. The van der Waals surface area contributed by atoms with Crippen molar-refractivity contribution in [1.82, 2.24) is 10.3 Å². The van der Waals surface area contributed by atoms with Gasteiger partial charge in [0.15, 0.2) is 0 Å². The first kappa shape index (κ1) is 14.0. The largest absolute Gasteiger partial charge is 0.347 e. The Balaban J connectivity index is 2.83. The second-order valence-corrected chi connectivity index (χ2v) is 5.24. The first-order chi connectivity index (χ1) is 7.85. The zero-order valence-corrected chi connectivity index (χ0v) is 11.6. The van der Waals surface area contributed by atoms with Crippen molar-refractivity contribution in [1.29, 1.82) is 0 Å². The highest BCUT2D eigenvalue weighted by Crippen LogP contribution is 2.12. The lowest BCUT2D eigenvalue weighted by Crippen LogP contribution is -2.44. The molecule has 0 atom stereocenters. The number of pyridine rings is 1. The van der Waals surface area contributed by atoms with Crippen LogP contribution < -0.4 is 5.32 Å². The van der Waals surface area contributed by atoms with Gasteiger partial charge in [-0.1, -0.05) is 0 Å². The summed E-state index contributed by atoms with van der Waals surface area (Å²) in [5.41, 5.74) is 2.00. The lowest BCUT2D eigenvalue weighted by molar-refractivity contribution is 0.0910. The van der Waals surface area contributed by atoms with Gasteiger partial charge in [0.2, 0.25) is 0 Å². The van der Waals surface area contributed by atoms with Crippen molar-refractivity contribution in [3.05, 3.63) is 29.1 Å². The molecule has 0 aliphatic carbocycles. The van der Waals surface area contributed by atoms with Crippen LogP contribution in [0.2, 0.25) is 0 Å². The summed E-state index contributed by atoms with van der Waals surface area (Å²) in [6.45, 7) is 7.68. The van der Waals surface area contributed by atoms with E-state index in [1.807, 2.05) is 39.8 Å². The second-order valence-electron chi connectivity index (χ2n) is 4.86. The van der Waals surface area contributed by atoms with Crippen LogP contribution in [-0.2, 0) is 0 Å². The number of hydrogen-bond donors (Lipinski definition) is 1. The molecule has 0 aromatic carbocycles. The molecule has 0 saturated heterocycles. The molecular formula is C13H19ClN2O. The van der Waals surface area contributed by atoms with Crippen LogP contribution in [0.15, 0.2) is 12.1 Å². The van der Waals surface area contributed by atoms with Crippen LogP contribution in [0.5, 0.6) is 0 Å². The maximum Gasteiger partial charge on any atom is 0.253 e. The number of nitrogens with zero attached hydrogens (tertiary/aromatic N) is 1. The summed E-state index contributed by atoms with van der Waals surface area (Å²) in [6, 6.07) is 3.65. The van der Waals surface area contributed by atoms with E-state index >= 15 is 0 Å². The topological polar surface area (TPSA) is 42.0 Å². The Labute approximate surface area is 108 Å². The molecule has 94 valence electrons. The molecule has 1 aromatic heterocycles. The van der Waals surface area contributed by atoms with Crippen LogP contribution in [0.1, 0.15) is 42.0 Å². The Morgan fingerprint density at radius 3 is 2.59 bits per heavy atom. The average Bonchev–Trinajstić information content (AvgIpc) is 2.15. The molecule has 3 nitrogen and oxygen atoms in total. The van der Waals surface area contributed by atoms with Crippen LogP contribution in [-0.4, -0.2) is 22.3 Å². The van der Waals surface area contributed by atoms with Gasteiger partial charge in [-0.05, 0) is 46.2 Å². The molecule has 0 spiro atoms. The van der Waals surface area contributed by atoms with Crippen LogP contribution >= 0.6 is 11.6 Å². The Kier molecular flexibility index (Phi) is 4.52. The van der Waals surface area contributed by atoms with Gasteiger partial charge in [0.25, 0.3) is 5.91 Å². The molecular weight excluding hydrogens is 236 g/mol. The molecule has 0 unspecified atom stereocenters. The minimum atomic E-state index is -0.295. The molecule has 0 saturated carbocycles. The number of aryl methyl sites for hydroxylation is 2. The molecule has 1 N–H and O–H groups in total. The minimum Gasteiger partial charge on any atom is -0.347 e. The van der Waals surface area contributed by atoms with E-state index in [1.54, 1.807) is 0 Å². The number of rotatable bonds is 4. The third kappa shape index (κ3) is 4.00. The average molecular weight is 255 g/mol. The van der Waals surface area contributed by atoms with E-state index in [0.717, 1.165) is 17.8 Å². The standard InChI is InChI=1S/C13H19ClN2O/c1-9-5-6-11(10(2)15-9)12(17)16-13(3,4)7-8-14/h5-6H,7-8H2,1-4H3,(H,16,17). The summed E-state index contributed by atoms with van der Waals surface area (Å²) in [5.74, 6) is 0.434. The van der Waals surface area contributed by atoms with Crippen LogP contribution in [0.4, 0.5) is 0 Å². The highest BCUT2D eigenvalue weighted by atomic mass is 35.5. The molecule has 0 aliphatic rings. The summed E-state index contributed by atoms with van der Waals surface area (Å²) in [5, 5.41) is 2.97. The fraction of sp³-hybridized carbons (Fsp3) is 0.538. The van der Waals surface area contributed by atoms with Gasteiger partial charge in [-0.2, -0.15) is 0 Å². The van der Waals surface area contributed by atoms with E-state index < -0.39 is 0 Å². The lowest BCUT2D eigenvalue weighted by Gasteiger charge is -2.25. The zero-order chi connectivity index (χ0) is 13.1. The molecule has 1 aromatic rings. The minimum absolute atomic E-state index is 0.0925. The maximum atomic E-state index is 12.1. The summed E-state index contributed by atoms with van der Waals surface area (Å²) in [4.78, 5) is 16.4. The van der Waals surface area contributed by atoms with Gasteiger partial charge < -0.3 is 5.32 Å². The smallest absolute Gasteiger partial charge is 0.253 e. The summed E-state index contributed by atoms with van der Waals surface area (Å²) in [7, 11) is 0. The molecule has 0 aliphatic heterocycles. The van der Waals surface area contributed by atoms with Crippen LogP contribution in [0, 0.1) is 13.8 Å². The number of hydrogen-bond acceptors (Lipinski definition) is 2. The molecule has 1 amide bonds.